The number of rotatable bonds is 9. The number of hydrogen-bond acceptors (Lipinski definition) is 1. The Morgan fingerprint density at radius 2 is 0.839 bits per heavy atom. The fourth-order valence-corrected chi connectivity index (χ4v) is 8.37. The van der Waals surface area contributed by atoms with E-state index in [4.69, 9.17) is 4.42 Å². The highest BCUT2D eigenvalue weighted by atomic mass is 16.3. The smallest absolute Gasteiger partial charge is 0.136 e. The molecule has 0 aliphatic carbocycles. The lowest BCUT2D eigenvalue weighted by Crippen LogP contribution is -2.03. The monoisotopic (exact) mass is 716 g/mol. The Kier molecular flexibility index (Phi) is 8.82. The van der Waals surface area contributed by atoms with Crippen molar-refractivity contribution in [2.24, 2.45) is 0 Å². The first-order chi connectivity index (χ1) is 27.7. The van der Waals surface area contributed by atoms with Crippen LogP contribution in [0.3, 0.4) is 0 Å². The predicted octanol–water partition coefficient (Wildman–Crippen LogP) is 15.2. The maximum Gasteiger partial charge on any atom is 0.136 e. The summed E-state index contributed by atoms with van der Waals surface area (Å²) in [7, 11) is 0. The van der Waals surface area contributed by atoms with Crippen LogP contribution in [0.2, 0.25) is 0 Å². The van der Waals surface area contributed by atoms with E-state index in [1.165, 1.54) is 66.4 Å². The van der Waals surface area contributed by atoms with Crippen LogP contribution in [0.25, 0.3) is 77.2 Å². The normalized spacial score (nSPS) is 12.0. The maximum atomic E-state index is 6.23. The van der Waals surface area contributed by atoms with Crippen LogP contribution in [-0.4, -0.2) is 0 Å². The van der Waals surface area contributed by atoms with Gasteiger partial charge in [0.25, 0.3) is 0 Å². The van der Waals surface area contributed by atoms with Crippen LogP contribution in [0.15, 0.2) is 217 Å². The van der Waals surface area contributed by atoms with E-state index in [0.29, 0.717) is 0 Å². The van der Waals surface area contributed by atoms with Crippen molar-refractivity contribution in [2.75, 3.05) is 0 Å². The van der Waals surface area contributed by atoms with Crippen molar-refractivity contribution in [2.45, 2.75) is 18.8 Å². The molecule has 0 spiro atoms. The average molecular weight is 717 g/mol. The van der Waals surface area contributed by atoms with Gasteiger partial charge in [0, 0.05) is 16.7 Å². The molecule has 0 radical (unpaired) electrons. The second kappa shape index (κ2) is 14.7. The Hall–Kier alpha value is -6.96. The van der Waals surface area contributed by atoms with Crippen molar-refractivity contribution in [1.29, 1.82) is 0 Å². The molecule has 1 atom stereocenters. The average Bonchev–Trinajstić information content (AvgIpc) is 3.65. The Morgan fingerprint density at radius 3 is 1.54 bits per heavy atom. The van der Waals surface area contributed by atoms with Gasteiger partial charge in [0.2, 0.25) is 0 Å². The number of aryl methyl sites for hydroxylation is 1. The Morgan fingerprint density at radius 1 is 0.339 bits per heavy atom. The highest BCUT2D eigenvalue weighted by molar-refractivity contribution is 6.05. The standard InChI is InChI=1S/C55H40O/c1-2-9-39(10-3-1)40-22-24-41(25-23-40)42-26-30-45(31-27-42)49(35-19-38-17-20-47(21-18-38)51-15-8-12-44-11-4-5-13-50(44)51)46-32-28-43(29-33-46)48-34-36-53-52-14-6-7-16-54(52)56-55(53)37-48/h1-18,20-34,36-37,49H,19,35H2. The van der Waals surface area contributed by atoms with Gasteiger partial charge in [0.05, 0.1) is 0 Å². The van der Waals surface area contributed by atoms with Crippen LogP contribution in [0.5, 0.6) is 0 Å². The van der Waals surface area contributed by atoms with Gasteiger partial charge in [-0.15, -0.1) is 0 Å². The van der Waals surface area contributed by atoms with E-state index in [0.717, 1.165) is 40.3 Å². The van der Waals surface area contributed by atoms with Gasteiger partial charge >= 0.3 is 0 Å². The molecule has 0 fully saturated rings. The van der Waals surface area contributed by atoms with Gasteiger partial charge in [-0.3, -0.25) is 0 Å². The van der Waals surface area contributed by atoms with E-state index in [-0.39, 0.29) is 5.92 Å². The lowest BCUT2D eigenvalue weighted by molar-refractivity contribution is 0.669. The second-order valence-electron chi connectivity index (χ2n) is 14.8. The number of furan rings is 1. The highest BCUT2D eigenvalue weighted by Crippen LogP contribution is 2.36. The molecule has 1 unspecified atom stereocenters. The van der Waals surface area contributed by atoms with Crippen molar-refractivity contribution in [1.82, 2.24) is 0 Å². The summed E-state index contributed by atoms with van der Waals surface area (Å²) in [6, 6.07) is 77.2. The molecular formula is C55H40O. The van der Waals surface area contributed by atoms with E-state index < -0.39 is 0 Å². The van der Waals surface area contributed by atoms with Crippen molar-refractivity contribution in [3.05, 3.63) is 229 Å². The Labute approximate surface area is 328 Å². The zero-order valence-electron chi connectivity index (χ0n) is 31.1. The molecule has 0 saturated carbocycles. The minimum absolute atomic E-state index is 0.245. The number of fused-ring (bicyclic) bond motifs is 4. The van der Waals surface area contributed by atoms with Gasteiger partial charge < -0.3 is 4.42 Å². The summed E-state index contributed by atoms with van der Waals surface area (Å²) in [5.74, 6) is 0.245. The Balaban J connectivity index is 0.935. The molecule has 0 saturated heterocycles. The van der Waals surface area contributed by atoms with Gasteiger partial charge in [0.15, 0.2) is 0 Å². The first kappa shape index (κ1) is 33.6. The molecule has 0 aliphatic rings. The van der Waals surface area contributed by atoms with Crippen LogP contribution in [0.1, 0.15) is 29.0 Å². The molecule has 0 aliphatic heterocycles. The maximum absolute atomic E-state index is 6.23. The minimum atomic E-state index is 0.245. The van der Waals surface area contributed by atoms with Crippen LogP contribution >= 0.6 is 0 Å². The third kappa shape index (κ3) is 6.59. The molecular weight excluding hydrogens is 677 g/mol. The van der Waals surface area contributed by atoms with Crippen molar-refractivity contribution in [3.8, 4) is 44.5 Å². The zero-order valence-corrected chi connectivity index (χ0v) is 31.1. The second-order valence-corrected chi connectivity index (χ2v) is 14.8. The minimum Gasteiger partial charge on any atom is -0.456 e. The van der Waals surface area contributed by atoms with Crippen LogP contribution < -0.4 is 0 Å². The van der Waals surface area contributed by atoms with E-state index in [1.807, 2.05) is 12.1 Å². The molecule has 1 heterocycles. The summed E-state index contributed by atoms with van der Waals surface area (Å²) in [6.45, 7) is 0. The molecule has 10 aromatic rings. The predicted molar refractivity (Wildman–Crippen MR) is 236 cm³/mol. The topological polar surface area (TPSA) is 13.1 Å². The van der Waals surface area contributed by atoms with Crippen LogP contribution in [0.4, 0.5) is 0 Å². The lowest BCUT2D eigenvalue weighted by Gasteiger charge is -2.20. The molecule has 0 N–H and O–H groups in total. The first-order valence-electron chi connectivity index (χ1n) is 19.6. The summed E-state index contributed by atoms with van der Waals surface area (Å²) in [4.78, 5) is 0. The van der Waals surface area contributed by atoms with Crippen LogP contribution in [-0.2, 0) is 6.42 Å². The quantitative estimate of drug-likeness (QED) is 0.145. The molecule has 1 aromatic heterocycles. The fraction of sp³-hybridized carbons (Fsp3) is 0.0545. The molecule has 0 amide bonds. The van der Waals surface area contributed by atoms with Crippen molar-refractivity contribution in [3.63, 3.8) is 0 Å². The van der Waals surface area contributed by atoms with E-state index in [2.05, 4.69) is 200 Å². The van der Waals surface area contributed by atoms with Crippen molar-refractivity contribution >= 4 is 32.7 Å². The van der Waals surface area contributed by atoms with Gasteiger partial charge in [-0.05, 0) is 103 Å². The first-order valence-corrected chi connectivity index (χ1v) is 19.6. The molecule has 9 aromatic carbocycles. The molecule has 10 rings (SSSR count). The fourth-order valence-electron chi connectivity index (χ4n) is 8.37. The zero-order chi connectivity index (χ0) is 37.3. The summed E-state index contributed by atoms with van der Waals surface area (Å²) in [6.07, 6.45) is 1.98. The molecule has 0 bridgehead atoms. The summed E-state index contributed by atoms with van der Waals surface area (Å²) >= 11 is 0. The number of hydrogen-bond donors (Lipinski definition) is 0. The van der Waals surface area contributed by atoms with E-state index in [9.17, 15) is 0 Å². The Bertz CT molecular complexity index is 2910. The van der Waals surface area contributed by atoms with E-state index >= 15 is 0 Å². The van der Waals surface area contributed by atoms with Gasteiger partial charge in [0.1, 0.15) is 11.2 Å². The van der Waals surface area contributed by atoms with Gasteiger partial charge in [-0.2, -0.15) is 0 Å². The SMILES string of the molecule is c1ccc(-c2ccc(-c3ccc(C(CCc4ccc(-c5cccc6ccccc56)cc4)c4ccc(-c5ccc6c(c5)oc5ccccc56)cc4)cc3)cc2)cc1. The van der Waals surface area contributed by atoms with Gasteiger partial charge in [-0.25, -0.2) is 0 Å². The van der Waals surface area contributed by atoms with Gasteiger partial charge in [-0.1, -0.05) is 194 Å². The number of para-hydroxylation sites is 1. The summed E-state index contributed by atoms with van der Waals surface area (Å²) in [5, 5.41) is 4.88. The number of benzene rings is 9. The molecule has 1 nitrogen and oxygen atoms in total. The summed E-state index contributed by atoms with van der Waals surface area (Å²) < 4.78 is 6.23. The molecule has 56 heavy (non-hydrogen) atoms. The van der Waals surface area contributed by atoms with E-state index in [1.54, 1.807) is 0 Å². The third-order valence-electron chi connectivity index (χ3n) is 11.4. The largest absolute Gasteiger partial charge is 0.456 e. The lowest BCUT2D eigenvalue weighted by atomic mass is 9.85. The molecule has 1 heteroatoms. The summed E-state index contributed by atoms with van der Waals surface area (Å²) in [5.41, 5.74) is 15.7. The molecule has 266 valence electrons. The van der Waals surface area contributed by atoms with Crippen molar-refractivity contribution < 1.29 is 4.42 Å². The third-order valence-corrected chi connectivity index (χ3v) is 11.4. The van der Waals surface area contributed by atoms with Crippen LogP contribution in [0, 0.1) is 0 Å². The highest BCUT2D eigenvalue weighted by Gasteiger charge is 2.17.